The van der Waals surface area contributed by atoms with E-state index < -0.39 is 0 Å². The fourth-order valence-electron chi connectivity index (χ4n) is 1.87. The Morgan fingerprint density at radius 1 is 1.47 bits per heavy atom. The van der Waals surface area contributed by atoms with E-state index in [4.69, 9.17) is 5.26 Å². The second kappa shape index (κ2) is 5.36. The van der Waals surface area contributed by atoms with Crippen LogP contribution in [-0.2, 0) is 11.2 Å². The van der Waals surface area contributed by atoms with Gasteiger partial charge in [-0.3, -0.25) is 9.89 Å². The highest BCUT2D eigenvalue weighted by atomic mass is 16.1. The third kappa shape index (κ3) is 2.99. The van der Waals surface area contributed by atoms with E-state index in [2.05, 4.69) is 15.5 Å². The number of nitrogens with zero attached hydrogens (tertiary/aromatic N) is 2. The maximum absolute atomic E-state index is 11.9. The molecule has 0 aliphatic carbocycles. The Morgan fingerprint density at radius 2 is 2.26 bits per heavy atom. The molecule has 19 heavy (non-hydrogen) atoms. The molecule has 2 rings (SSSR count). The van der Waals surface area contributed by atoms with Crippen LogP contribution < -0.4 is 5.32 Å². The SMILES string of the molecule is Cc1n[nH]c(C)c1CC(=O)Nc1cccc(C#N)c1. The summed E-state index contributed by atoms with van der Waals surface area (Å²) in [6.45, 7) is 3.75. The van der Waals surface area contributed by atoms with Gasteiger partial charge in [-0.1, -0.05) is 6.07 Å². The van der Waals surface area contributed by atoms with Crippen LogP contribution in [0.25, 0.3) is 0 Å². The van der Waals surface area contributed by atoms with Crippen LogP contribution in [0.15, 0.2) is 24.3 Å². The van der Waals surface area contributed by atoms with Gasteiger partial charge < -0.3 is 5.32 Å². The van der Waals surface area contributed by atoms with Crippen molar-refractivity contribution < 1.29 is 4.79 Å². The zero-order valence-electron chi connectivity index (χ0n) is 10.8. The molecular formula is C14H14N4O. The number of H-pyrrole nitrogens is 1. The van der Waals surface area contributed by atoms with Crippen molar-refractivity contribution in [2.24, 2.45) is 0 Å². The molecule has 2 aromatic rings. The number of aromatic amines is 1. The number of carbonyl (C=O) groups excluding carboxylic acids is 1. The number of hydrogen-bond acceptors (Lipinski definition) is 3. The predicted molar refractivity (Wildman–Crippen MR) is 71.6 cm³/mol. The van der Waals surface area contributed by atoms with Crippen LogP contribution in [0.2, 0.25) is 0 Å². The second-order valence-electron chi connectivity index (χ2n) is 4.33. The number of anilines is 1. The summed E-state index contributed by atoms with van der Waals surface area (Å²) < 4.78 is 0. The largest absolute Gasteiger partial charge is 0.326 e. The van der Waals surface area contributed by atoms with Crippen LogP contribution in [-0.4, -0.2) is 16.1 Å². The minimum Gasteiger partial charge on any atom is -0.326 e. The van der Waals surface area contributed by atoms with Crippen molar-refractivity contribution in [2.45, 2.75) is 20.3 Å². The fourth-order valence-corrected chi connectivity index (χ4v) is 1.87. The maximum atomic E-state index is 11.9. The van der Waals surface area contributed by atoms with Crippen molar-refractivity contribution in [2.75, 3.05) is 5.32 Å². The van der Waals surface area contributed by atoms with Gasteiger partial charge in [0.05, 0.1) is 23.7 Å². The molecule has 0 unspecified atom stereocenters. The van der Waals surface area contributed by atoms with E-state index in [0.717, 1.165) is 17.0 Å². The number of nitrogens with one attached hydrogen (secondary N) is 2. The Labute approximate surface area is 111 Å². The van der Waals surface area contributed by atoms with Gasteiger partial charge in [0.2, 0.25) is 5.91 Å². The molecule has 1 heterocycles. The van der Waals surface area contributed by atoms with E-state index in [-0.39, 0.29) is 12.3 Å². The first-order chi connectivity index (χ1) is 9.10. The molecule has 1 amide bonds. The Kier molecular flexibility index (Phi) is 3.62. The second-order valence-corrected chi connectivity index (χ2v) is 4.33. The maximum Gasteiger partial charge on any atom is 0.228 e. The van der Waals surface area contributed by atoms with Crippen LogP contribution in [0.4, 0.5) is 5.69 Å². The van der Waals surface area contributed by atoms with Gasteiger partial charge in [0.25, 0.3) is 0 Å². The number of aryl methyl sites for hydroxylation is 2. The van der Waals surface area contributed by atoms with E-state index in [1.165, 1.54) is 0 Å². The van der Waals surface area contributed by atoms with Gasteiger partial charge in [0.15, 0.2) is 0 Å². The number of hydrogen-bond donors (Lipinski definition) is 2. The number of aromatic nitrogens is 2. The molecule has 5 nitrogen and oxygen atoms in total. The first-order valence-electron chi connectivity index (χ1n) is 5.90. The minimum atomic E-state index is -0.123. The lowest BCUT2D eigenvalue weighted by Crippen LogP contribution is -2.15. The molecule has 1 aromatic heterocycles. The van der Waals surface area contributed by atoms with E-state index in [9.17, 15) is 4.79 Å². The lowest BCUT2D eigenvalue weighted by molar-refractivity contribution is -0.115. The molecule has 0 saturated heterocycles. The summed E-state index contributed by atoms with van der Waals surface area (Å²) in [4.78, 5) is 11.9. The first-order valence-corrected chi connectivity index (χ1v) is 5.90. The zero-order chi connectivity index (χ0) is 13.8. The average Bonchev–Trinajstić information content (AvgIpc) is 2.71. The molecule has 0 saturated carbocycles. The molecule has 0 spiro atoms. The molecule has 1 aromatic carbocycles. The zero-order valence-corrected chi connectivity index (χ0v) is 10.8. The molecule has 0 bridgehead atoms. The smallest absolute Gasteiger partial charge is 0.228 e. The highest BCUT2D eigenvalue weighted by Crippen LogP contribution is 2.13. The Balaban J connectivity index is 2.08. The van der Waals surface area contributed by atoms with E-state index in [1.54, 1.807) is 24.3 Å². The minimum absolute atomic E-state index is 0.123. The highest BCUT2D eigenvalue weighted by Gasteiger charge is 2.11. The summed E-state index contributed by atoms with van der Waals surface area (Å²) in [5.74, 6) is -0.123. The molecule has 0 aliphatic heterocycles. The molecule has 96 valence electrons. The predicted octanol–water partition coefficient (Wildman–Crippen LogP) is 2.08. The van der Waals surface area contributed by atoms with Crippen molar-refractivity contribution in [1.29, 1.82) is 5.26 Å². The van der Waals surface area contributed by atoms with Gasteiger partial charge >= 0.3 is 0 Å². The Morgan fingerprint density at radius 3 is 2.89 bits per heavy atom. The molecule has 5 heteroatoms. The third-order valence-corrected chi connectivity index (χ3v) is 2.89. The topological polar surface area (TPSA) is 81.6 Å². The average molecular weight is 254 g/mol. The number of carbonyl (C=O) groups is 1. The van der Waals surface area contributed by atoms with Gasteiger partial charge in [-0.2, -0.15) is 10.4 Å². The van der Waals surface area contributed by atoms with E-state index in [1.807, 2.05) is 19.9 Å². The number of amides is 1. The van der Waals surface area contributed by atoms with Crippen LogP contribution in [0.3, 0.4) is 0 Å². The highest BCUT2D eigenvalue weighted by molar-refractivity contribution is 5.92. The van der Waals surface area contributed by atoms with Gasteiger partial charge in [-0.25, -0.2) is 0 Å². The molecule has 0 aliphatic rings. The Bertz CT molecular complexity index is 632. The quantitative estimate of drug-likeness (QED) is 0.879. The summed E-state index contributed by atoms with van der Waals surface area (Å²) >= 11 is 0. The third-order valence-electron chi connectivity index (χ3n) is 2.89. The van der Waals surface area contributed by atoms with Crippen molar-refractivity contribution in [1.82, 2.24) is 10.2 Å². The lowest BCUT2D eigenvalue weighted by atomic mass is 10.1. The lowest BCUT2D eigenvalue weighted by Gasteiger charge is -2.05. The fraction of sp³-hybridized carbons (Fsp3) is 0.214. The summed E-state index contributed by atoms with van der Waals surface area (Å²) in [5.41, 5.74) is 3.79. The summed E-state index contributed by atoms with van der Waals surface area (Å²) in [7, 11) is 0. The summed E-state index contributed by atoms with van der Waals surface area (Å²) in [6, 6.07) is 8.87. The van der Waals surface area contributed by atoms with Crippen molar-refractivity contribution >= 4 is 11.6 Å². The number of benzene rings is 1. The Hall–Kier alpha value is -2.61. The van der Waals surface area contributed by atoms with Gasteiger partial charge in [-0.05, 0) is 32.0 Å². The van der Waals surface area contributed by atoms with E-state index >= 15 is 0 Å². The molecule has 0 radical (unpaired) electrons. The number of rotatable bonds is 3. The molecular weight excluding hydrogens is 240 g/mol. The van der Waals surface area contributed by atoms with Crippen molar-refractivity contribution in [3.05, 3.63) is 46.8 Å². The van der Waals surface area contributed by atoms with Gasteiger partial charge in [0.1, 0.15) is 0 Å². The van der Waals surface area contributed by atoms with Crippen LogP contribution in [0, 0.1) is 25.2 Å². The summed E-state index contributed by atoms with van der Waals surface area (Å²) in [5, 5.41) is 18.5. The van der Waals surface area contributed by atoms with Crippen LogP contribution >= 0.6 is 0 Å². The first kappa shape index (κ1) is 12.8. The van der Waals surface area contributed by atoms with Crippen molar-refractivity contribution in [3.8, 4) is 6.07 Å². The molecule has 0 atom stereocenters. The van der Waals surface area contributed by atoms with Crippen molar-refractivity contribution in [3.63, 3.8) is 0 Å². The molecule has 0 fully saturated rings. The van der Waals surface area contributed by atoms with Crippen LogP contribution in [0.1, 0.15) is 22.5 Å². The van der Waals surface area contributed by atoms with Gasteiger partial charge in [-0.15, -0.1) is 0 Å². The number of nitriles is 1. The summed E-state index contributed by atoms with van der Waals surface area (Å²) in [6.07, 6.45) is 0.269. The normalized spacial score (nSPS) is 9.95. The van der Waals surface area contributed by atoms with Crippen LogP contribution in [0.5, 0.6) is 0 Å². The standard InChI is InChI=1S/C14H14N4O/c1-9-13(10(2)18-17-9)7-14(19)16-12-5-3-4-11(6-12)8-15/h3-6H,7H2,1-2H3,(H,16,19)(H,17,18). The van der Waals surface area contributed by atoms with E-state index in [0.29, 0.717) is 11.3 Å². The van der Waals surface area contributed by atoms with Gasteiger partial charge in [0, 0.05) is 16.9 Å². The monoisotopic (exact) mass is 254 g/mol. The molecule has 2 N–H and O–H groups in total.